The summed E-state index contributed by atoms with van der Waals surface area (Å²) in [4.78, 5) is 21.9. The van der Waals surface area contributed by atoms with Crippen molar-refractivity contribution in [1.82, 2.24) is 0 Å². The Kier molecular flexibility index (Phi) is 4.03. The molecule has 2 N–H and O–H groups in total. The van der Waals surface area contributed by atoms with Crippen LogP contribution in [0.1, 0.15) is 24.2 Å². The number of ether oxygens (including phenoxy) is 1. The highest BCUT2D eigenvalue weighted by molar-refractivity contribution is 5.91. The Balaban J connectivity index is 2.82. The zero-order valence-electron chi connectivity index (χ0n) is 9.36. The molecule has 1 rings (SSSR count). The lowest BCUT2D eigenvalue weighted by Gasteiger charge is -2.09. The van der Waals surface area contributed by atoms with Crippen LogP contribution in [0, 0.1) is 5.82 Å². The quantitative estimate of drug-likeness (QED) is 0.852. The van der Waals surface area contributed by atoms with E-state index in [2.05, 4.69) is 5.32 Å². The number of carboxylic acids is 1. The van der Waals surface area contributed by atoms with Gasteiger partial charge in [-0.1, -0.05) is 0 Å². The molecule has 5 nitrogen and oxygen atoms in total. The fourth-order valence-electron chi connectivity index (χ4n) is 1.13. The molecule has 0 spiro atoms. The van der Waals surface area contributed by atoms with Crippen LogP contribution < -0.4 is 5.32 Å². The Morgan fingerprint density at radius 2 is 2.06 bits per heavy atom. The molecule has 0 radical (unpaired) electrons. The number of carbonyl (C=O) groups excluding carboxylic acids is 1. The fraction of sp³-hybridized carbons (Fsp3) is 0.273. The minimum Gasteiger partial charge on any atom is -0.478 e. The molecule has 0 heterocycles. The molecule has 0 aliphatic rings. The lowest BCUT2D eigenvalue weighted by atomic mass is 10.2. The summed E-state index contributed by atoms with van der Waals surface area (Å²) in [6.07, 6.45) is -1.02. The maximum atomic E-state index is 13.0. The van der Waals surface area contributed by atoms with E-state index in [9.17, 15) is 14.0 Å². The molecule has 0 saturated heterocycles. The van der Waals surface area contributed by atoms with E-state index in [-0.39, 0.29) is 11.8 Å². The van der Waals surface area contributed by atoms with E-state index in [0.29, 0.717) is 0 Å². The molecule has 0 aromatic heterocycles. The highest BCUT2D eigenvalue weighted by atomic mass is 19.1. The maximum Gasteiger partial charge on any atom is 0.411 e. The summed E-state index contributed by atoms with van der Waals surface area (Å²) in [6, 6.07) is 3.25. The molecular formula is C11H12FNO4. The number of halogens is 1. The Morgan fingerprint density at radius 3 is 2.59 bits per heavy atom. The SMILES string of the molecule is CC(C)OC(=O)Nc1ccc(F)c(C(=O)O)c1. The lowest BCUT2D eigenvalue weighted by molar-refractivity contribution is 0.0691. The van der Waals surface area contributed by atoms with Crippen molar-refractivity contribution in [2.45, 2.75) is 20.0 Å². The molecule has 0 aliphatic carbocycles. The highest BCUT2D eigenvalue weighted by Crippen LogP contribution is 2.15. The molecule has 0 bridgehead atoms. The average Bonchev–Trinajstić information content (AvgIpc) is 2.19. The summed E-state index contributed by atoms with van der Waals surface area (Å²) >= 11 is 0. The van der Waals surface area contributed by atoms with Crippen LogP contribution in [0.25, 0.3) is 0 Å². The summed E-state index contributed by atoms with van der Waals surface area (Å²) in [5, 5.41) is 11.0. The van der Waals surface area contributed by atoms with Gasteiger partial charge in [-0.15, -0.1) is 0 Å². The van der Waals surface area contributed by atoms with Crippen LogP contribution in [-0.2, 0) is 4.74 Å². The Morgan fingerprint density at radius 1 is 1.41 bits per heavy atom. The Hall–Kier alpha value is -2.11. The van der Waals surface area contributed by atoms with Crippen LogP contribution in [0.4, 0.5) is 14.9 Å². The molecule has 0 unspecified atom stereocenters. The van der Waals surface area contributed by atoms with Crippen molar-refractivity contribution in [2.75, 3.05) is 5.32 Å². The number of hydrogen-bond donors (Lipinski definition) is 2. The van der Waals surface area contributed by atoms with E-state index in [1.807, 2.05) is 0 Å². The highest BCUT2D eigenvalue weighted by Gasteiger charge is 2.12. The predicted octanol–water partition coefficient (Wildman–Crippen LogP) is 2.48. The van der Waals surface area contributed by atoms with Gasteiger partial charge in [-0.25, -0.2) is 14.0 Å². The second kappa shape index (κ2) is 5.29. The summed E-state index contributed by atoms with van der Waals surface area (Å²) < 4.78 is 17.8. The van der Waals surface area contributed by atoms with Crippen molar-refractivity contribution in [3.63, 3.8) is 0 Å². The second-order valence-electron chi connectivity index (χ2n) is 3.58. The van der Waals surface area contributed by atoms with Gasteiger partial charge in [0.1, 0.15) is 5.82 Å². The van der Waals surface area contributed by atoms with Gasteiger partial charge in [0, 0.05) is 5.69 Å². The summed E-state index contributed by atoms with van der Waals surface area (Å²) in [5.74, 6) is -2.26. The fourth-order valence-corrected chi connectivity index (χ4v) is 1.13. The molecular weight excluding hydrogens is 229 g/mol. The van der Waals surface area contributed by atoms with Gasteiger partial charge in [0.2, 0.25) is 0 Å². The van der Waals surface area contributed by atoms with Crippen LogP contribution in [0.2, 0.25) is 0 Å². The normalized spacial score (nSPS) is 10.1. The van der Waals surface area contributed by atoms with Crippen LogP contribution in [0.15, 0.2) is 18.2 Å². The van der Waals surface area contributed by atoms with Gasteiger partial charge in [-0.2, -0.15) is 0 Å². The number of carboxylic acid groups (broad SMARTS) is 1. The predicted molar refractivity (Wildman–Crippen MR) is 58.6 cm³/mol. The van der Waals surface area contributed by atoms with Crippen LogP contribution >= 0.6 is 0 Å². The first-order chi connectivity index (χ1) is 7.90. The average molecular weight is 241 g/mol. The number of aromatic carboxylic acids is 1. The Labute approximate surface area is 97.2 Å². The largest absolute Gasteiger partial charge is 0.478 e. The third kappa shape index (κ3) is 3.75. The zero-order chi connectivity index (χ0) is 13.0. The van der Waals surface area contributed by atoms with E-state index in [1.54, 1.807) is 13.8 Å². The number of carbonyl (C=O) groups is 2. The molecule has 6 heteroatoms. The summed E-state index contributed by atoms with van der Waals surface area (Å²) in [6.45, 7) is 3.35. The van der Waals surface area contributed by atoms with E-state index < -0.39 is 23.4 Å². The second-order valence-corrected chi connectivity index (χ2v) is 3.58. The molecule has 0 atom stereocenters. The van der Waals surface area contributed by atoms with Crippen molar-refractivity contribution in [3.8, 4) is 0 Å². The lowest BCUT2D eigenvalue weighted by Crippen LogP contribution is -2.18. The van der Waals surface area contributed by atoms with E-state index >= 15 is 0 Å². The first kappa shape index (κ1) is 13.0. The minimum atomic E-state index is -1.40. The van der Waals surface area contributed by atoms with Gasteiger partial charge in [0.15, 0.2) is 0 Å². The van der Waals surface area contributed by atoms with Crippen LogP contribution in [0.3, 0.4) is 0 Å². The summed E-state index contributed by atoms with van der Waals surface area (Å²) in [5.41, 5.74) is -0.346. The number of amides is 1. The number of nitrogens with one attached hydrogen (secondary N) is 1. The number of hydrogen-bond acceptors (Lipinski definition) is 3. The van der Waals surface area contributed by atoms with E-state index in [0.717, 1.165) is 12.1 Å². The smallest absolute Gasteiger partial charge is 0.411 e. The standard InChI is InChI=1S/C11H12FNO4/c1-6(2)17-11(16)13-7-3-4-9(12)8(5-7)10(14)15/h3-6H,1-2H3,(H,13,16)(H,14,15). The van der Waals surface area contributed by atoms with Crippen molar-refractivity contribution >= 4 is 17.7 Å². The number of rotatable bonds is 3. The van der Waals surface area contributed by atoms with Crippen molar-refractivity contribution < 1.29 is 23.8 Å². The first-order valence-corrected chi connectivity index (χ1v) is 4.90. The molecule has 0 aliphatic heterocycles. The number of benzene rings is 1. The van der Waals surface area contributed by atoms with Crippen LogP contribution in [0.5, 0.6) is 0 Å². The van der Waals surface area contributed by atoms with Gasteiger partial charge in [-0.05, 0) is 32.0 Å². The molecule has 1 aromatic rings. The van der Waals surface area contributed by atoms with E-state index in [4.69, 9.17) is 9.84 Å². The third-order valence-corrected chi connectivity index (χ3v) is 1.79. The van der Waals surface area contributed by atoms with Crippen molar-refractivity contribution in [2.24, 2.45) is 0 Å². The third-order valence-electron chi connectivity index (χ3n) is 1.79. The van der Waals surface area contributed by atoms with Gasteiger partial charge < -0.3 is 9.84 Å². The van der Waals surface area contributed by atoms with Gasteiger partial charge in [0.25, 0.3) is 0 Å². The summed E-state index contributed by atoms with van der Waals surface area (Å²) in [7, 11) is 0. The molecule has 92 valence electrons. The number of anilines is 1. The minimum absolute atomic E-state index is 0.162. The van der Waals surface area contributed by atoms with Gasteiger partial charge >= 0.3 is 12.1 Å². The molecule has 1 aromatic carbocycles. The van der Waals surface area contributed by atoms with Gasteiger partial charge in [0.05, 0.1) is 11.7 Å². The molecule has 0 fully saturated rings. The maximum absolute atomic E-state index is 13.0. The topological polar surface area (TPSA) is 75.6 Å². The van der Waals surface area contributed by atoms with E-state index in [1.165, 1.54) is 6.07 Å². The monoisotopic (exact) mass is 241 g/mol. The Bertz CT molecular complexity index is 445. The molecule has 17 heavy (non-hydrogen) atoms. The first-order valence-electron chi connectivity index (χ1n) is 4.90. The molecule has 0 saturated carbocycles. The zero-order valence-corrected chi connectivity index (χ0v) is 9.36. The van der Waals surface area contributed by atoms with Crippen molar-refractivity contribution in [1.29, 1.82) is 0 Å². The molecule has 1 amide bonds. The van der Waals surface area contributed by atoms with Gasteiger partial charge in [-0.3, -0.25) is 5.32 Å². The van der Waals surface area contributed by atoms with Crippen molar-refractivity contribution in [3.05, 3.63) is 29.6 Å². The van der Waals surface area contributed by atoms with Crippen LogP contribution in [-0.4, -0.2) is 23.3 Å².